The maximum atomic E-state index is 14.1. The van der Waals surface area contributed by atoms with Crippen molar-refractivity contribution in [3.05, 3.63) is 130 Å². The molecule has 13 nitrogen and oxygen atoms in total. The molecule has 2 saturated carbocycles. The van der Waals surface area contributed by atoms with Gasteiger partial charge in [-0.25, -0.2) is 14.4 Å². The van der Waals surface area contributed by atoms with E-state index in [1.165, 1.54) is 12.1 Å². The Kier molecular flexibility index (Phi) is 14.2. The van der Waals surface area contributed by atoms with E-state index in [0.717, 1.165) is 162 Å². The molecule has 0 radical (unpaired) electrons. The van der Waals surface area contributed by atoms with E-state index in [1.54, 1.807) is 6.33 Å². The zero-order valence-corrected chi connectivity index (χ0v) is 41.5. The highest BCUT2D eigenvalue weighted by atomic mass is 79.9. The van der Waals surface area contributed by atoms with E-state index in [0.29, 0.717) is 41.0 Å². The number of benzene rings is 5. The second-order valence-corrected chi connectivity index (χ2v) is 20.2. The van der Waals surface area contributed by atoms with Gasteiger partial charge in [0.05, 0.1) is 22.4 Å². The standard InChI is InChI=1S/C31H33FN4O3.C24H27BrN4O2/c1-19-11-22(32)14-25(12-19)39-26-15-28(33-17-21-7-9-38-10-8-21)30-29(16-26)36(18-34-30)24-5-6-27(20(2)13-24)31(37)35-23-3-4-23;1-15-10-19(4-5-20(15)24(30)28-18-2-3-18)29-14-27-23-21(11-17(25)12-22(23)29)26-13-16-6-8-31-9-7-16/h5-6,11-16,18,21,23,33H,3-4,7-10,17H2,1-2H3,(H,35,37);4-5,10-12,14,16,18,26H,2-3,6-9,13H2,1H3,(H,28,30). The van der Waals surface area contributed by atoms with Crippen molar-refractivity contribution < 1.29 is 28.2 Å². The van der Waals surface area contributed by atoms with Crippen LogP contribution >= 0.6 is 15.9 Å². The number of hydrogen-bond donors (Lipinski definition) is 4. The van der Waals surface area contributed by atoms with Gasteiger partial charge in [-0.2, -0.15) is 0 Å². The zero-order chi connectivity index (χ0) is 48.3. The molecule has 0 atom stereocenters. The van der Waals surface area contributed by atoms with Gasteiger partial charge in [-0.1, -0.05) is 15.9 Å². The summed E-state index contributed by atoms with van der Waals surface area (Å²) in [5.41, 5.74) is 11.5. The molecule has 2 saturated heterocycles. The molecule has 70 heavy (non-hydrogen) atoms. The third-order valence-electron chi connectivity index (χ3n) is 13.6. The number of imidazole rings is 2. The molecule has 4 N–H and O–H groups in total. The van der Waals surface area contributed by atoms with Crippen molar-refractivity contribution in [2.24, 2.45) is 11.8 Å². The van der Waals surface area contributed by atoms with Gasteiger partial charge >= 0.3 is 0 Å². The molecule has 0 unspecified atom stereocenters. The molecule has 2 aromatic heterocycles. The van der Waals surface area contributed by atoms with Crippen LogP contribution in [0.25, 0.3) is 33.4 Å². The summed E-state index contributed by atoms with van der Waals surface area (Å²) in [7, 11) is 0. The number of nitrogens with zero attached hydrogens (tertiary/aromatic N) is 4. The first-order chi connectivity index (χ1) is 34.0. The lowest BCUT2D eigenvalue weighted by Gasteiger charge is -2.23. The fourth-order valence-electron chi connectivity index (χ4n) is 9.31. The van der Waals surface area contributed by atoms with Gasteiger partial charge in [0.25, 0.3) is 11.8 Å². The number of aryl methyl sites for hydroxylation is 3. The average Bonchev–Trinajstić information content (AvgIpc) is 4.27. The third-order valence-corrected chi connectivity index (χ3v) is 14.1. The van der Waals surface area contributed by atoms with Crippen LogP contribution in [0.5, 0.6) is 11.5 Å². The molecule has 4 aliphatic rings. The number of halogens is 2. The van der Waals surface area contributed by atoms with Crippen molar-refractivity contribution >= 4 is 61.2 Å². The van der Waals surface area contributed by atoms with Crippen molar-refractivity contribution in [1.82, 2.24) is 29.7 Å². The molecule has 7 aromatic rings. The fraction of sp³-hybridized carbons (Fsp3) is 0.382. The Labute approximate surface area is 416 Å². The van der Waals surface area contributed by atoms with Crippen molar-refractivity contribution in [3.8, 4) is 22.9 Å². The predicted molar refractivity (Wildman–Crippen MR) is 276 cm³/mol. The normalized spacial score (nSPS) is 16.4. The minimum absolute atomic E-state index is 0.0179. The lowest BCUT2D eigenvalue weighted by atomic mass is 10.0. The highest BCUT2D eigenvalue weighted by molar-refractivity contribution is 9.10. The van der Waals surface area contributed by atoms with Gasteiger partial charge in [0.2, 0.25) is 0 Å². The molecular formula is C55H60BrFN8O5. The van der Waals surface area contributed by atoms with Gasteiger partial charge in [0.15, 0.2) is 0 Å². The Bertz CT molecular complexity index is 3020. The summed E-state index contributed by atoms with van der Waals surface area (Å²) < 4.78 is 36.3. The van der Waals surface area contributed by atoms with Crippen LogP contribution in [0.4, 0.5) is 15.8 Å². The number of carbonyl (C=O) groups excluding carboxylic acids is 2. The Balaban J connectivity index is 0.000000166. The van der Waals surface area contributed by atoms with Crippen molar-refractivity contribution in [3.63, 3.8) is 0 Å². The molecule has 2 aliphatic heterocycles. The van der Waals surface area contributed by atoms with Crippen LogP contribution < -0.4 is 26.0 Å². The molecule has 0 bridgehead atoms. The fourth-order valence-corrected chi connectivity index (χ4v) is 9.75. The van der Waals surface area contributed by atoms with E-state index < -0.39 is 0 Å². The molecular weight excluding hydrogens is 952 g/mol. The first-order valence-corrected chi connectivity index (χ1v) is 25.4. The first-order valence-electron chi connectivity index (χ1n) is 24.6. The number of hydrogen-bond acceptors (Lipinski definition) is 9. The smallest absolute Gasteiger partial charge is 0.251 e. The molecule has 15 heteroatoms. The molecule has 4 heterocycles. The maximum absolute atomic E-state index is 14.1. The van der Waals surface area contributed by atoms with E-state index >= 15 is 0 Å². The van der Waals surface area contributed by atoms with Crippen LogP contribution in [0.3, 0.4) is 0 Å². The van der Waals surface area contributed by atoms with E-state index in [1.807, 2.05) is 80.2 Å². The number of carbonyl (C=O) groups is 2. The third kappa shape index (κ3) is 11.3. The molecule has 11 rings (SSSR count). The number of rotatable bonds is 14. The number of anilines is 2. The summed E-state index contributed by atoms with van der Waals surface area (Å²) in [6.07, 6.45) is 12.1. The molecule has 5 aromatic carbocycles. The second kappa shape index (κ2) is 21.0. The van der Waals surface area contributed by atoms with Gasteiger partial charge in [-0.15, -0.1) is 0 Å². The largest absolute Gasteiger partial charge is 0.457 e. The van der Waals surface area contributed by atoms with E-state index in [2.05, 4.69) is 60.0 Å². The van der Waals surface area contributed by atoms with Gasteiger partial charge in [0, 0.05) is 96.8 Å². The van der Waals surface area contributed by atoms with Crippen molar-refractivity contribution in [2.45, 2.75) is 84.2 Å². The summed E-state index contributed by atoms with van der Waals surface area (Å²) in [5.74, 6) is 1.82. The number of aromatic nitrogens is 4. The van der Waals surface area contributed by atoms with Gasteiger partial charge in [-0.3, -0.25) is 18.7 Å². The minimum Gasteiger partial charge on any atom is -0.457 e. The minimum atomic E-state index is -0.338. The predicted octanol–water partition coefficient (Wildman–Crippen LogP) is 11.1. The van der Waals surface area contributed by atoms with E-state index in [-0.39, 0.29) is 17.6 Å². The van der Waals surface area contributed by atoms with E-state index in [4.69, 9.17) is 24.2 Å². The number of amides is 2. The van der Waals surface area contributed by atoms with E-state index in [9.17, 15) is 14.0 Å². The Morgan fingerprint density at radius 2 is 1.11 bits per heavy atom. The van der Waals surface area contributed by atoms with Crippen molar-refractivity contribution in [2.75, 3.05) is 50.2 Å². The summed E-state index contributed by atoms with van der Waals surface area (Å²) in [6.45, 7) is 10.8. The van der Waals surface area contributed by atoms with Crippen LogP contribution in [0.2, 0.25) is 0 Å². The highest BCUT2D eigenvalue weighted by Crippen LogP contribution is 2.35. The van der Waals surface area contributed by atoms with Crippen LogP contribution in [0.1, 0.15) is 88.8 Å². The summed E-state index contributed by atoms with van der Waals surface area (Å²) in [4.78, 5) is 34.6. The SMILES string of the molecule is Cc1cc(-n2cnc3c(NCC4CCOCC4)cc(Br)cc32)ccc1C(=O)NC1CC1.Cc1cc(F)cc(Oc2cc(NCC3CCOCC3)c3ncn(-c4ccc(C(=O)NC5CC5)c(C)c4)c3c2)c1. The Hall–Kier alpha value is -6.29. The van der Waals surface area contributed by atoms with Gasteiger partial charge < -0.3 is 35.5 Å². The average molecular weight is 1010 g/mol. The monoisotopic (exact) mass is 1010 g/mol. The molecule has 0 spiro atoms. The first kappa shape index (κ1) is 47.4. The topological polar surface area (TPSA) is 146 Å². The Morgan fingerprint density at radius 3 is 1.60 bits per heavy atom. The maximum Gasteiger partial charge on any atom is 0.251 e. The molecule has 2 aliphatic carbocycles. The lowest BCUT2D eigenvalue weighted by molar-refractivity contribution is 0.0698. The van der Waals surface area contributed by atoms with Crippen molar-refractivity contribution in [1.29, 1.82) is 0 Å². The molecule has 364 valence electrons. The van der Waals surface area contributed by atoms with Crippen LogP contribution in [0, 0.1) is 38.4 Å². The van der Waals surface area contributed by atoms with Crippen LogP contribution in [0.15, 0.2) is 96.0 Å². The van der Waals surface area contributed by atoms with Gasteiger partial charge in [0.1, 0.15) is 41.0 Å². The number of fused-ring (bicyclic) bond motifs is 2. The molecule has 2 amide bonds. The van der Waals surface area contributed by atoms with Crippen LogP contribution in [-0.2, 0) is 9.47 Å². The Morgan fingerprint density at radius 1 is 0.629 bits per heavy atom. The number of ether oxygens (including phenoxy) is 3. The zero-order valence-electron chi connectivity index (χ0n) is 40.0. The highest BCUT2D eigenvalue weighted by Gasteiger charge is 2.26. The quantitative estimate of drug-likeness (QED) is 0.0836. The molecule has 4 fully saturated rings. The summed E-state index contributed by atoms with van der Waals surface area (Å²) >= 11 is 3.66. The lowest BCUT2D eigenvalue weighted by Crippen LogP contribution is -2.26. The second-order valence-electron chi connectivity index (χ2n) is 19.3. The number of nitrogens with one attached hydrogen (secondary N) is 4. The van der Waals surface area contributed by atoms with Gasteiger partial charge in [-0.05, 0) is 161 Å². The summed E-state index contributed by atoms with van der Waals surface area (Å²) in [6, 6.07) is 25.1. The van der Waals surface area contributed by atoms with Crippen LogP contribution in [-0.4, -0.2) is 82.5 Å². The summed E-state index contributed by atoms with van der Waals surface area (Å²) in [5, 5.41) is 13.3.